The van der Waals surface area contributed by atoms with Gasteiger partial charge < -0.3 is 15.0 Å². The molecule has 2 aliphatic rings. The van der Waals surface area contributed by atoms with E-state index in [0.29, 0.717) is 12.2 Å². The predicted molar refractivity (Wildman–Crippen MR) is 86.2 cm³/mol. The highest BCUT2D eigenvalue weighted by Crippen LogP contribution is 2.19. The summed E-state index contributed by atoms with van der Waals surface area (Å²) in [4.78, 5) is 18.8. The molecular weight excluding hydrogens is 278 g/mol. The number of hydrogen-bond acceptors (Lipinski definition) is 4. The number of aromatic nitrogens is 1. The largest absolute Gasteiger partial charge is 0.376 e. The number of pyridine rings is 1. The summed E-state index contributed by atoms with van der Waals surface area (Å²) in [5.74, 6) is -0.104. The molecule has 0 saturated carbocycles. The van der Waals surface area contributed by atoms with Crippen LogP contribution in [0.1, 0.15) is 49.0 Å². The Kier molecular flexibility index (Phi) is 5.27. The van der Waals surface area contributed by atoms with E-state index in [9.17, 15) is 4.79 Å². The molecule has 2 fully saturated rings. The van der Waals surface area contributed by atoms with Gasteiger partial charge in [-0.05, 0) is 37.8 Å². The Morgan fingerprint density at radius 2 is 2.09 bits per heavy atom. The van der Waals surface area contributed by atoms with Gasteiger partial charge in [0.2, 0.25) is 0 Å². The molecule has 5 nitrogen and oxygen atoms in total. The summed E-state index contributed by atoms with van der Waals surface area (Å²) < 4.78 is 5.53. The van der Waals surface area contributed by atoms with Gasteiger partial charge in [-0.1, -0.05) is 12.8 Å². The number of nitrogens with zero attached hydrogens (tertiary/aromatic N) is 2. The number of rotatable bonds is 4. The molecular formula is C17H25N3O2. The Balaban J connectivity index is 1.60. The molecule has 1 aromatic rings. The van der Waals surface area contributed by atoms with Gasteiger partial charge in [0.15, 0.2) is 0 Å². The van der Waals surface area contributed by atoms with E-state index in [1.807, 2.05) is 12.1 Å². The Labute approximate surface area is 132 Å². The van der Waals surface area contributed by atoms with Crippen LogP contribution in [-0.2, 0) is 4.74 Å². The zero-order chi connectivity index (χ0) is 15.2. The minimum Gasteiger partial charge on any atom is -0.376 e. The third kappa shape index (κ3) is 3.97. The van der Waals surface area contributed by atoms with Gasteiger partial charge in [0.1, 0.15) is 5.69 Å². The van der Waals surface area contributed by atoms with Crippen molar-refractivity contribution in [1.82, 2.24) is 10.3 Å². The van der Waals surface area contributed by atoms with E-state index in [-0.39, 0.29) is 12.0 Å². The van der Waals surface area contributed by atoms with Crippen molar-refractivity contribution in [1.29, 1.82) is 0 Å². The van der Waals surface area contributed by atoms with Crippen molar-refractivity contribution in [2.75, 3.05) is 31.1 Å². The molecule has 0 aliphatic carbocycles. The molecule has 5 heteroatoms. The Hall–Kier alpha value is -1.62. The Morgan fingerprint density at radius 3 is 2.82 bits per heavy atom. The standard InChI is InChI=1S/C17H25N3O2/c21-17(19-13-15-6-5-11-22-15)16-12-14(7-8-18-16)20-9-3-1-2-4-10-20/h7-8,12,15H,1-6,9-11,13H2,(H,19,21). The molecule has 2 saturated heterocycles. The van der Waals surface area contributed by atoms with E-state index in [2.05, 4.69) is 15.2 Å². The monoisotopic (exact) mass is 303 g/mol. The maximum atomic E-state index is 12.3. The number of carbonyl (C=O) groups excluding carboxylic acids is 1. The molecule has 2 aliphatic heterocycles. The first-order chi connectivity index (χ1) is 10.8. The van der Waals surface area contributed by atoms with Crippen molar-refractivity contribution >= 4 is 11.6 Å². The Morgan fingerprint density at radius 1 is 1.27 bits per heavy atom. The summed E-state index contributed by atoms with van der Waals surface area (Å²) in [5.41, 5.74) is 1.61. The predicted octanol–water partition coefficient (Wildman–Crippen LogP) is 2.37. The normalized spacial score (nSPS) is 22.4. The van der Waals surface area contributed by atoms with Gasteiger partial charge in [-0.15, -0.1) is 0 Å². The summed E-state index contributed by atoms with van der Waals surface area (Å²) in [7, 11) is 0. The smallest absolute Gasteiger partial charge is 0.270 e. The summed E-state index contributed by atoms with van der Waals surface area (Å²) in [5, 5.41) is 2.94. The van der Waals surface area contributed by atoms with E-state index in [0.717, 1.165) is 38.2 Å². The summed E-state index contributed by atoms with van der Waals surface area (Å²) in [6, 6.07) is 3.92. The highest BCUT2D eigenvalue weighted by Gasteiger charge is 2.18. The maximum Gasteiger partial charge on any atom is 0.270 e. The van der Waals surface area contributed by atoms with Crippen molar-refractivity contribution < 1.29 is 9.53 Å². The first kappa shape index (κ1) is 15.3. The van der Waals surface area contributed by atoms with Crippen LogP contribution in [0.4, 0.5) is 5.69 Å². The number of nitrogens with one attached hydrogen (secondary N) is 1. The van der Waals surface area contributed by atoms with Gasteiger partial charge in [-0.2, -0.15) is 0 Å². The lowest BCUT2D eigenvalue weighted by molar-refractivity contribution is 0.0854. The minimum atomic E-state index is -0.104. The van der Waals surface area contributed by atoms with Crippen LogP contribution in [0.2, 0.25) is 0 Å². The van der Waals surface area contributed by atoms with Crippen LogP contribution in [0.5, 0.6) is 0 Å². The number of amides is 1. The first-order valence-corrected chi connectivity index (χ1v) is 8.44. The molecule has 0 spiro atoms. The van der Waals surface area contributed by atoms with E-state index in [1.165, 1.54) is 25.7 Å². The van der Waals surface area contributed by atoms with Crippen molar-refractivity contribution in [3.63, 3.8) is 0 Å². The lowest BCUT2D eigenvalue weighted by atomic mass is 10.2. The topological polar surface area (TPSA) is 54.5 Å². The van der Waals surface area contributed by atoms with Gasteiger partial charge in [0, 0.05) is 38.1 Å². The maximum absolute atomic E-state index is 12.3. The molecule has 1 unspecified atom stereocenters. The van der Waals surface area contributed by atoms with E-state index >= 15 is 0 Å². The SMILES string of the molecule is O=C(NCC1CCCO1)c1cc(N2CCCCCC2)ccn1. The third-order valence-corrected chi connectivity index (χ3v) is 4.46. The van der Waals surface area contributed by atoms with Crippen molar-refractivity contribution in [3.8, 4) is 0 Å². The molecule has 1 aromatic heterocycles. The second-order valence-corrected chi connectivity index (χ2v) is 6.15. The van der Waals surface area contributed by atoms with Crippen LogP contribution in [0.15, 0.2) is 18.3 Å². The first-order valence-electron chi connectivity index (χ1n) is 8.44. The zero-order valence-corrected chi connectivity index (χ0v) is 13.1. The molecule has 3 rings (SSSR count). The molecule has 1 atom stereocenters. The fourth-order valence-corrected chi connectivity index (χ4v) is 3.17. The lowest BCUT2D eigenvalue weighted by Gasteiger charge is -2.22. The van der Waals surface area contributed by atoms with E-state index < -0.39 is 0 Å². The summed E-state index contributed by atoms with van der Waals surface area (Å²) >= 11 is 0. The molecule has 22 heavy (non-hydrogen) atoms. The summed E-state index contributed by atoms with van der Waals surface area (Å²) in [6.45, 7) is 3.53. The molecule has 1 amide bonds. The number of hydrogen-bond donors (Lipinski definition) is 1. The Bertz CT molecular complexity index is 492. The number of ether oxygens (including phenoxy) is 1. The molecule has 0 bridgehead atoms. The lowest BCUT2D eigenvalue weighted by Crippen LogP contribution is -2.32. The van der Waals surface area contributed by atoms with Gasteiger partial charge >= 0.3 is 0 Å². The van der Waals surface area contributed by atoms with Crippen LogP contribution in [0, 0.1) is 0 Å². The van der Waals surface area contributed by atoms with Crippen molar-refractivity contribution in [2.24, 2.45) is 0 Å². The molecule has 120 valence electrons. The van der Waals surface area contributed by atoms with Gasteiger partial charge in [-0.3, -0.25) is 9.78 Å². The van der Waals surface area contributed by atoms with Crippen LogP contribution in [-0.4, -0.2) is 43.2 Å². The third-order valence-electron chi connectivity index (χ3n) is 4.46. The quantitative estimate of drug-likeness (QED) is 0.928. The highest BCUT2D eigenvalue weighted by molar-refractivity contribution is 5.93. The molecule has 0 aromatic carbocycles. The number of carbonyl (C=O) groups is 1. The van der Waals surface area contributed by atoms with Gasteiger partial charge in [0.05, 0.1) is 6.10 Å². The second kappa shape index (κ2) is 7.58. The summed E-state index contributed by atoms with van der Waals surface area (Å²) in [6.07, 6.45) is 9.07. The number of anilines is 1. The zero-order valence-electron chi connectivity index (χ0n) is 13.1. The van der Waals surface area contributed by atoms with Crippen molar-refractivity contribution in [3.05, 3.63) is 24.0 Å². The second-order valence-electron chi connectivity index (χ2n) is 6.15. The van der Waals surface area contributed by atoms with Crippen LogP contribution in [0.3, 0.4) is 0 Å². The highest BCUT2D eigenvalue weighted by atomic mass is 16.5. The van der Waals surface area contributed by atoms with Crippen molar-refractivity contribution in [2.45, 2.75) is 44.6 Å². The van der Waals surface area contributed by atoms with E-state index in [4.69, 9.17) is 4.74 Å². The minimum absolute atomic E-state index is 0.104. The average Bonchev–Trinajstić information content (AvgIpc) is 2.93. The van der Waals surface area contributed by atoms with Gasteiger partial charge in [-0.25, -0.2) is 0 Å². The fourth-order valence-electron chi connectivity index (χ4n) is 3.17. The van der Waals surface area contributed by atoms with Crippen LogP contribution < -0.4 is 10.2 Å². The molecule has 3 heterocycles. The van der Waals surface area contributed by atoms with Crippen LogP contribution >= 0.6 is 0 Å². The van der Waals surface area contributed by atoms with Crippen LogP contribution in [0.25, 0.3) is 0 Å². The fraction of sp³-hybridized carbons (Fsp3) is 0.647. The molecule has 1 N–H and O–H groups in total. The average molecular weight is 303 g/mol. The molecule has 0 radical (unpaired) electrons. The van der Waals surface area contributed by atoms with E-state index in [1.54, 1.807) is 6.20 Å². The van der Waals surface area contributed by atoms with Gasteiger partial charge in [0.25, 0.3) is 5.91 Å².